The molecule has 126 valence electrons. The minimum atomic E-state index is -1.88. The molecule has 0 aliphatic heterocycles. The summed E-state index contributed by atoms with van der Waals surface area (Å²) < 4.78 is -0.116. The smallest absolute Gasteiger partial charge is 0.268 e. The monoisotopic (exact) mass is 494 g/mol. The molecule has 12 heteroatoms. The zero-order valence-corrected chi connectivity index (χ0v) is 17.2. The van der Waals surface area contributed by atoms with Crippen LogP contribution in [0.3, 0.4) is 0 Å². The lowest BCUT2D eigenvalue weighted by Gasteiger charge is -2.17. The molecule has 0 radical (unpaired) electrons. The van der Waals surface area contributed by atoms with Crippen molar-refractivity contribution in [1.29, 1.82) is 0 Å². The average molecular weight is 498 g/mol. The molecule has 1 aromatic heterocycles. The van der Waals surface area contributed by atoms with E-state index < -0.39 is 11.4 Å². The largest absolute Gasteiger partial charge is 0.416 e. The van der Waals surface area contributed by atoms with Gasteiger partial charge in [0.15, 0.2) is 0 Å². The molecule has 0 N–H and O–H groups in total. The third-order valence-corrected chi connectivity index (χ3v) is 4.30. The molecule has 23 heavy (non-hydrogen) atoms. The van der Waals surface area contributed by atoms with Gasteiger partial charge in [0.25, 0.3) is 9.68 Å². The quantitative estimate of drug-likeness (QED) is 0.390. The SMILES string of the molecule is ClC(Cl)(Cl)c1cc(-c2nnc(C(Cl)(Cl)Cl)o2)cc(C(Cl)(Cl)Cl)c1. The Bertz CT molecular complexity index is 679. The van der Waals surface area contributed by atoms with E-state index in [2.05, 4.69) is 10.2 Å². The van der Waals surface area contributed by atoms with Crippen molar-refractivity contribution >= 4 is 104 Å². The number of halogens is 9. The topological polar surface area (TPSA) is 38.9 Å². The van der Waals surface area contributed by atoms with E-state index in [-0.39, 0.29) is 22.9 Å². The number of nitrogens with zero attached hydrogens (tertiary/aromatic N) is 2. The summed E-state index contributed by atoms with van der Waals surface area (Å²) in [6.45, 7) is 0. The van der Waals surface area contributed by atoms with Gasteiger partial charge in [0, 0.05) is 16.7 Å². The first kappa shape index (κ1) is 20.3. The van der Waals surface area contributed by atoms with E-state index in [0.717, 1.165) is 0 Å². The van der Waals surface area contributed by atoms with Crippen molar-refractivity contribution in [3.05, 3.63) is 35.2 Å². The maximum atomic E-state index is 5.89. The lowest BCUT2D eigenvalue weighted by Crippen LogP contribution is -2.06. The summed E-state index contributed by atoms with van der Waals surface area (Å²) in [5.74, 6) is -0.231. The molecule has 0 aliphatic rings. The summed E-state index contributed by atoms with van der Waals surface area (Å²) in [5, 5.41) is 7.41. The molecule has 0 fully saturated rings. The fourth-order valence-corrected chi connectivity index (χ4v) is 2.42. The molecule has 1 heterocycles. The molecule has 2 aromatic rings. The van der Waals surface area contributed by atoms with Gasteiger partial charge in [-0.05, 0) is 18.2 Å². The number of aromatic nitrogens is 2. The number of benzene rings is 1. The summed E-state index contributed by atoms with van der Waals surface area (Å²) in [7, 11) is 0. The molecule has 0 bridgehead atoms. The van der Waals surface area contributed by atoms with Crippen LogP contribution in [0, 0.1) is 0 Å². The molecule has 0 saturated heterocycles. The second-order valence-corrected chi connectivity index (χ2v) is 11.0. The van der Waals surface area contributed by atoms with Gasteiger partial charge >= 0.3 is 0 Å². The van der Waals surface area contributed by atoms with E-state index in [9.17, 15) is 0 Å². The van der Waals surface area contributed by atoms with Crippen molar-refractivity contribution in [2.45, 2.75) is 11.4 Å². The third-order valence-electron chi connectivity index (χ3n) is 2.50. The number of rotatable bonds is 1. The van der Waals surface area contributed by atoms with Gasteiger partial charge in [0.2, 0.25) is 13.5 Å². The van der Waals surface area contributed by atoms with Crippen molar-refractivity contribution < 1.29 is 4.42 Å². The van der Waals surface area contributed by atoms with Crippen LogP contribution in [-0.4, -0.2) is 10.2 Å². The Balaban J connectivity index is 2.60. The van der Waals surface area contributed by atoms with Gasteiger partial charge in [-0.25, -0.2) is 0 Å². The molecule has 1 aromatic carbocycles. The van der Waals surface area contributed by atoms with E-state index >= 15 is 0 Å². The van der Waals surface area contributed by atoms with Gasteiger partial charge in [-0.2, -0.15) is 0 Å². The fraction of sp³-hybridized carbons (Fsp3) is 0.273. The lowest BCUT2D eigenvalue weighted by atomic mass is 10.1. The van der Waals surface area contributed by atoms with Crippen molar-refractivity contribution in [2.75, 3.05) is 0 Å². The van der Waals surface area contributed by atoms with Gasteiger partial charge in [0.05, 0.1) is 0 Å². The number of hydrogen-bond donors (Lipinski definition) is 0. The second-order valence-electron chi connectivity index (χ2n) is 4.20. The van der Waals surface area contributed by atoms with Crippen molar-refractivity contribution in [1.82, 2.24) is 10.2 Å². The number of alkyl halides is 9. The molecule has 0 aliphatic carbocycles. The van der Waals surface area contributed by atoms with Gasteiger partial charge in [-0.3, -0.25) is 0 Å². The second kappa shape index (κ2) is 6.94. The lowest BCUT2D eigenvalue weighted by molar-refractivity contribution is 0.514. The summed E-state index contributed by atoms with van der Waals surface area (Å²) in [6.07, 6.45) is 0. The molecule has 0 amide bonds. The Morgan fingerprint density at radius 1 is 0.652 bits per heavy atom. The van der Waals surface area contributed by atoms with E-state index in [1.54, 1.807) is 0 Å². The van der Waals surface area contributed by atoms with Gasteiger partial charge in [-0.15, -0.1) is 10.2 Å². The molecule has 2 rings (SSSR count). The summed E-state index contributed by atoms with van der Waals surface area (Å²) in [5.41, 5.74) is 0.785. The highest BCUT2D eigenvalue weighted by molar-refractivity contribution is 6.68. The predicted molar refractivity (Wildman–Crippen MR) is 97.4 cm³/mol. The Kier molecular flexibility index (Phi) is 6.12. The molecular weight excluding hydrogens is 495 g/mol. The number of hydrogen-bond acceptors (Lipinski definition) is 3. The fourth-order valence-electron chi connectivity index (χ4n) is 1.53. The van der Waals surface area contributed by atoms with Crippen LogP contribution in [0.25, 0.3) is 11.5 Å². The van der Waals surface area contributed by atoms with Crippen LogP contribution in [0.2, 0.25) is 0 Å². The minimum absolute atomic E-state index is 0.00192. The van der Waals surface area contributed by atoms with Crippen LogP contribution in [0.1, 0.15) is 17.0 Å². The van der Waals surface area contributed by atoms with E-state index in [4.69, 9.17) is 109 Å². The molecule has 3 nitrogen and oxygen atoms in total. The third kappa shape index (κ3) is 5.22. The van der Waals surface area contributed by atoms with E-state index in [1.165, 1.54) is 18.2 Å². The van der Waals surface area contributed by atoms with Crippen LogP contribution >= 0.6 is 104 Å². The summed E-state index contributed by atoms with van der Waals surface area (Å²) >= 11 is 52.4. The molecule has 0 spiro atoms. The van der Waals surface area contributed by atoms with Gasteiger partial charge in [-0.1, -0.05) is 104 Å². The Hall–Kier alpha value is 0.970. The predicted octanol–water partition coefficient (Wildman–Crippen LogP) is 7.22. The van der Waals surface area contributed by atoms with E-state index in [1.807, 2.05) is 0 Å². The summed E-state index contributed by atoms with van der Waals surface area (Å²) in [4.78, 5) is 0. The maximum Gasteiger partial charge on any atom is 0.268 e. The maximum absolute atomic E-state index is 5.89. The van der Waals surface area contributed by atoms with Crippen LogP contribution < -0.4 is 0 Å². The minimum Gasteiger partial charge on any atom is -0.416 e. The van der Waals surface area contributed by atoms with Crippen molar-refractivity contribution in [3.8, 4) is 11.5 Å². The zero-order valence-electron chi connectivity index (χ0n) is 10.4. The van der Waals surface area contributed by atoms with Crippen LogP contribution in [0.15, 0.2) is 22.6 Å². The average Bonchev–Trinajstić information content (AvgIpc) is 2.85. The molecular formula is C11H3Cl9N2O. The first-order valence-corrected chi connectivity index (χ1v) is 8.89. The molecule has 0 atom stereocenters. The highest BCUT2D eigenvalue weighted by Crippen LogP contribution is 2.45. The standard InChI is InChI=1S/C11H3Cl9N2O/c12-9(13,14)5-1-4(2-6(3-5)10(15,16)17)7-21-22-8(23-7)11(18,19)20/h1-3H. The Labute approximate surface area is 176 Å². The molecule has 0 unspecified atom stereocenters. The summed E-state index contributed by atoms with van der Waals surface area (Å²) in [6, 6.07) is 4.38. The first-order valence-electron chi connectivity index (χ1n) is 5.49. The normalized spacial score (nSPS) is 13.4. The highest BCUT2D eigenvalue weighted by atomic mass is 35.6. The van der Waals surface area contributed by atoms with Crippen LogP contribution in [0.5, 0.6) is 0 Å². The first-order chi connectivity index (χ1) is 10.3. The van der Waals surface area contributed by atoms with Crippen LogP contribution in [-0.2, 0) is 11.4 Å². The van der Waals surface area contributed by atoms with E-state index in [0.29, 0.717) is 5.56 Å². The zero-order chi connectivity index (χ0) is 17.6. The Morgan fingerprint density at radius 3 is 1.48 bits per heavy atom. The van der Waals surface area contributed by atoms with Crippen molar-refractivity contribution in [3.63, 3.8) is 0 Å². The van der Waals surface area contributed by atoms with Gasteiger partial charge in [0.1, 0.15) is 0 Å². The Morgan fingerprint density at radius 2 is 1.13 bits per heavy atom. The molecule has 0 saturated carbocycles. The highest BCUT2D eigenvalue weighted by Gasteiger charge is 2.33. The van der Waals surface area contributed by atoms with Crippen molar-refractivity contribution in [2.24, 2.45) is 0 Å². The van der Waals surface area contributed by atoms with Crippen LogP contribution in [0.4, 0.5) is 0 Å². The van der Waals surface area contributed by atoms with Gasteiger partial charge < -0.3 is 4.42 Å².